The van der Waals surface area contributed by atoms with Gasteiger partial charge in [0.05, 0.1) is 16.9 Å². The highest BCUT2D eigenvalue weighted by Crippen LogP contribution is 2.40. The van der Waals surface area contributed by atoms with Gasteiger partial charge in [-0.15, -0.1) is 4.74 Å². The smallest absolute Gasteiger partial charge is 0.304 e. The topological polar surface area (TPSA) is 133 Å². The average molecular weight is 493 g/mol. The van der Waals surface area contributed by atoms with Crippen LogP contribution in [0.25, 0.3) is 5.69 Å². The molecule has 9 nitrogen and oxygen atoms in total. The lowest BCUT2D eigenvalue weighted by molar-refractivity contribution is -0.384. The number of thioether (sulfide) groups is 1. The number of rotatable bonds is 10. The minimum Gasteiger partial charge on any atom is -0.481 e. The molecule has 0 saturated carbocycles. The molecule has 0 spiro atoms. The Morgan fingerprint density at radius 3 is 2.32 bits per heavy atom. The summed E-state index contributed by atoms with van der Waals surface area (Å²) in [5.41, 5.74) is -0.431. The number of aryl methyl sites for hydroxylation is 1. The number of carbonyl (C=O) groups is 2. The molecule has 10 heteroatoms. The Morgan fingerprint density at radius 2 is 1.82 bits per heavy atom. The van der Waals surface area contributed by atoms with Crippen molar-refractivity contribution in [3.05, 3.63) is 55.1 Å². The fourth-order valence-electron chi connectivity index (χ4n) is 4.32. The van der Waals surface area contributed by atoms with E-state index in [4.69, 9.17) is 9.63 Å². The second-order valence-electron chi connectivity index (χ2n) is 10.2. The van der Waals surface area contributed by atoms with E-state index >= 15 is 0 Å². The predicted molar refractivity (Wildman–Crippen MR) is 131 cm³/mol. The van der Waals surface area contributed by atoms with Crippen molar-refractivity contribution in [3.63, 3.8) is 0 Å². The van der Waals surface area contributed by atoms with Gasteiger partial charge in [-0.1, -0.05) is 34.6 Å². The molecule has 0 amide bonds. The fraction of sp³-hybridized carbons (Fsp3) is 0.542. The molecular formula is C24H32N2O7S. The molecule has 2 rings (SSSR count). The van der Waals surface area contributed by atoms with Crippen molar-refractivity contribution in [1.29, 1.82) is 0 Å². The van der Waals surface area contributed by atoms with Gasteiger partial charge in [-0.3, -0.25) is 24.5 Å². The van der Waals surface area contributed by atoms with Gasteiger partial charge in [0.15, 0.2) is 11.5 Å². The van der Waals surface area contributed by atoms with E-state index < -0.39 is 27.6 Å². The number of nitro benzene ring substituents is 1. The van der Waals surface area contributed by atoms with Gasteiger partial charge in [-0.25, -0.2) is 0 Å². The molecule has 1 N–H and O–H groups in total. The summed E-state index contributed by atoms with van der Waals surface area (Å²) in [5, 5.41) is 20.7. The second-order valence-corrected chi connectivity index (χ2v) is 11.3. The van der Waals surface area contributed by atoms with Gasteiger partial charge in [0.1, 0.15) is 5.76 Å². The summed E-state index contributed by atoms with van der Waals surface area (Å²) in [6, 6.07) is 2.75. The van der Waals surface area contributed by atoms with E-state index in [1.165, 1.54) is 30.8 Å². The quantitative estimate of drug-likeness (QED) is 0.205. The molecule has 2 aromatic rings. The Labute approximate surface area is 202 Å². The third-order valence-electron chi connectivity index (χ3n) is 5.41. The third-order valence-corrected chi connectivity index (χ3v) is 6.40. The zero-order chi connectivity index (χ0) is 26.0. The van der Waals surface area contributed by atoms with Crippen LogP contribution < -0.4 is 5.56 Å². The van der Waals surface area contributed by atoms with Gasteiger partial charge in [0, 0.05) is 23.1 Å². The Kier molecular flexibility index (Phi) is 8.18. The van der Waals surface area contributed by atoms with Crippen LogP contribution in [0.4, 0.5) is 5.69 Å². The van der Waals surface area contributed by atoms with Gasteiger partial charge < -0.3 is 9.63 Å². The number of aliphatic carboxylic acids is 1. The summed E-state index contributed by atoms with van der Waals surface area (Å²) in [6.07, 6.45) is 0.648. The molecule has 0 radical (unpaired) electrons. The van der Waals surface area contributed by atoms with Crippen LogP contribution in [0.3, 0.4) is 0 Å². The molecule has 1 aromatic carbocycles. The summed E-state index contributed by atoms with van der Waals surface area (Å²) >= 11 is 1.27. The Morgan fingerprint density at radius 1 is 1.21 bits per heavy atom. The zero-order valence-corrected chi connectivity index (χ0v) is 21.5. The molecule has 186 valence electrons. The predicted octanol–water partition coefficient (Wildman–Crippen LogP) is 5.27. The molecule has 34 heavy (non-hydrogen) atoms. The van der Waals surface area contributed by atoms with Crippen LogP contribution in [-0.2, 0) is 16.0 Å². The largest absolute Gasteiger partial charge is 0.481 e. The SMILES string of the molecule is CC(=O)c1cc([N+](=O)[O-])c(-n2oc(C)c(CSCCC(=O)O)c2=O)cc1C(C)(C)CC(C)(C)C. The van der Waals surface area contributed by atoms with Crippen LogP contribution in [0.1, 0.15) is 81.6 Å². The van der Waals surface area contributed by atoms with Crippen LogP contribution in [0, 0.1) is 22.5 Å². The molecule has 0 aliphatic heterocycles. The van der Waals surface area contributed by atoms with Crippen molar-refractivity contribution in [1.82, 2.24) is 4.74 Å². The van der Waals surface area contributed by atoms with Crippen molar-refractivity contribution >= 4 is 29.2 Å². The average Bonchev–Trinajstić information content (AvgIpc) is 2.95. The monoisotopic (exact) mass is 492 g/mol. The molecule has 1 aromatic heterocycles. The van der Waals surface area contributed by atoms with Gasteiger partial charge in [0.2, 0.25) is 0 Å². The number of hydrogen-bond donors (Lipinski definition) is 1. The number of carboxylic acids is 1. The molecule has 0 atom stereocenters. The number of Topliss-reactive ketones (excluding diaryl/α,β-unsaturated/α-hetero) is 1. The van der Waals surface area contributed by atoms with Crippen LogP contribution in [0.15, 0.2) is 21.5 Å². The molecule has 0 bridgehead atoms. The van der Waals surface area contributed by atoms with Gasteiger partial charge >= 0.3 is 5.97 Å². The second kappa shape index (κ2) is 10.2. The molecule has 1 heterocycles. The van der Waals surface area contributed by atoms with E-state index in [9.17, 15) is 24.5 Å². The summed E-state index contributed by atoms with van der Waals surface area (Å²) in [5.74, 6) is -0.396. The van der Waals surface area contributed by atoms with Crippen LogP contribution in [0.5, 0.6) is 0 Å². The number of carboxylic acid groups (broad SMARTS) is 1. The zero-order valence-electron chi connectivity index (χ0n) is 20.7. The Bertz CT molecular complexity index is 1170. The Hall–Kier alpha value is -2.88. The maximum atomic E-state index is 13.2. The summed E-state index contributed by atoms with van der Waals surface area (Å²) in [7, 11) is 0. The third kappa shape index (κ3) is 6.37. The first kappa shape index (κ1) is 27.4. The Balaban J connectivity index is 2.69. The van der Waals surface area contributed by atoms with E-state index in [1.54, 1.807) is 6.92 Å². The van der Waals surface area contributed by atoms with Gasteiger partial charge in [-0.05, 0) is 42.7 Å². The summed E-state index contributed by atoms with van der Waals surface area (Å²) in [4.78, 5) is 47.6. The highest BCUT2D eigenvalue weighted by Gasteiger charge is 2.34. The van der Waals surface area contributed by atoms with E-state index in [-0.39, 0.29) is 34.6 Å². The fourth-order valence-corrected chi connectivity index (χ4v) is 5.31. The highest BCUT2D eigenvalue weighted by molar-refractivity contribution is 7.98. The molecule has 0 unspecified atom stereocenters. The number of nitro groups is 1. The van der Waals surface area contributed by atoms with Crippen LogP contribution >= 0.6 is 11.8 Å². The number of hydrogen-bond acceptors (Lipinski definition) is 7. The van der Waals surface area contributed by atoms with E-state index in [1.807, 2.05) is 13.8 Å². The van der Waals surface area contributed by atoms with E-state index in [0.717, 1.165) is 4.74 Å². The molecule has 0 aliphatic carbocycles. The summed E-state index contributed by atoms with van der Waals surface area (Å²) in [6.45, 7) is 13.1. The van der Waals surface area contributed by atoms with Crippen LogP contribution in [0.2, 0.25) is 0 Å². The lowest BCUT2D eigenvalue weighted by Gasteiger charge is -2.34. The molecule has 0 fully saturated rings. The first-order chi connectivity index (χ1) is 15.5. The van der Waals surface area contributed by atoms with Gasteiger partial charge in [-0.2, -0.15) is 11.8 Å². The van der Waals surface area contributed by atoms with E-state index in [2.05, 4.69) is 20.8 Å². The number of aromatic nitrogens is 1. The van der Waals surface area contributed by atoms with Crippen molar-refractivity contribution in [2.24, 2.45) is 5.41 Å². The first-order valence-corrected chi connectivity index (χ1v) is 12.1. The maximum Gasteiger partial charge on any atom is 0.304 e. The maximum absolute atomic E-state index is 13.2. The van der Waals surface area contributed by atoms with E-state index in [0.29, 0.717) is 29.1 Å². The normalized spacial score (nSPS) is 12.1. The number of carbonyl (C=O) groups excluding carboxylic acids is 1. The summed E-state index contributed by atoms with van der Waals surface area (Å²) < 4.78 is 6.56. The molecule has 0 saturated heterocycles. The first-order valence-electron chi connectivity index (χ1n) is 10.9. The van der Waals surface area contributed by atoms with Crippen molar-refractivity contribution in [2.75, 3.05) is 5.75 Å². The minimum absolute atomic E-state index is 0.0399. The molecule has 0 aliphatic rings. The van der Waals surface area contributed by atoms with Crippen molar-refractivity contribution in [3.8, 4) is 5.69 Å². The van der Waals surface area contributed by atoms with Crippen LogP contribution in [-0.4, -0.2) is 32.3 Å². The molecular weight excluding hydrogens is 460 g/mol. The minimum atomic E-state index is -0.930. The number of benzene rings is 1. The van der Waals surface area contributed by atoms with Crippen molar-refractivity contribution < 1.29 is 24.1 Å². The lowest BCUT2D eigenvalue weighted by atomic mass is 9.70. The van der Waals surface area contributed by atoms with Crippen molar-refractivity contribution in [2.45, 2.75) is 72.5 Å². The number of ketones is 1. The lowest BCUT2D eigenvalue weighted by Crippen LogP contribution is -2.28. The van der Waals surface area contributed by atoms with Gasteiger partial charge in [0.25, 0.3) is 11.2 Å². The highest BCUT2D eigenvalue weighted by atomic mass is 32.2. The number of nitrogens with zero attached hydrogens (tertiary/aromatic N) is 2. The standard InChI is InChI=1S/C24H32N2O7S/c1-14(27)16-10-20(26(31)32)19(11-18(16)24(6,7)13-23(3,4)5)25-22(30)17(15(2)33-25)12-34-9-8-21(28)29/h10-11H,8-9,12-13H2,1-7H3,(H,28,29).